The zero-order chi connectivity index (χ0) is 10.6. The molecule has 0 aliphatic heterocycles. The standard InChI is InChI=1S/C10H10BrClOS/c1-7(6-14)5-13-10-3-2-8(12)4-9(10)11/h2-4,14H,1,5-6H2. The average Bonchev–Trinajstić information content (AvgIpc) is 2.16. The first-order chi connectivity index (χ1) is 6.63. The highest BCUT2D eigenvalue weighted by molar-refractivity contribution is 9.10. The third-order valence-corrected chi connectivity index (χ3v) is 2.85. The van der Waals surface area contributed by atoms with E-state index in [0.717, 1.165) is 15.8 Å². The van der Waals surface area contributed by atoms with Crippen LogP contribution in [0.5, 0.6) is 5.75 Å². The van der Waals surface area contributed by atoms with Gasteiger partial charge >= 0.3 is 0 Å². The van der Waals surface area contributed by atoms with Gasteiger partial charge in [-0.15, -0.1) is 0 Å². The van der Waals surface area contributed by atoms with E-state index < -0.39 is 0 Å². The first-order valence-corrected chi connectivity index (χ1v) is 5.79. The summed E-state index contributed by atoms with van der Waals surface area (Å²) in [7, 11) is 0. The minimum atomic E-state index is 0.476. The van der Waals surface area contributed by atoms with Crippen LogP contribution < -0.4 is 4.74 Å². The Morgan fingerprint density at radius 3 is 2.86 bits per heavy atom. The highest BCUT2D eigenvalue weighted by Gasteiger charge is 2.01. The maximum absolute atomic E-state index is 5.79. The smallest absolute Gasteiger partial charge is 0.134 e. The Hall–Kier alpha value is -0.120. The fraction of sp³-hybridized carbons (Fsp3) is 0.200. The first kappa shape index (κ1) is 12.0. The molecule has 0 aliphatic rings. The van der Waals surface area contributed by atoms with Crippen molar-refractivity contribution in [2.45, 2.75) is 0 Å². The number of benzene rings is 1. The molecule has 0 saturated heterocycles. The van der Waals surface area contributed by atoms with Gasteiger partial charge < -0.3 is 4.74 Å². The molecule has 0 aliphatic carbocycles. The van der Waals surface area contributed by atoms with Gasteiger partial charge in [0, 0.05) is 10.8 Å². The predicted molar refractivity (Wildman–Crippen MR) is 67.6 cm³/mol. The number of rotatable bonds is 4. The molecular weight excluding hydrogens is 284 g/mol. The molecule has 0 fully saturated rings. The Morgan fingerprint density at radius 1 is 1.57 bits per heavy atom. The zero-order valence-corrected chi connectivity index (χ0v) is 10.7. The van der Waals surface area contributed by atoms with Crippen LogP contribution in [0.4, 0.5) is 0 Å². The lowest BCUT2D eigenvalue weighted by Crippen LogP contribution is -2.01. The summed E-state index contributed by atoms with van der Waals surface area (Å²) in [6, 6.07) is 5.39. The molecule has 0 heterocycles. The number of hydrogen-bond acceptors (Lipinski definition) is 2. The Bertz CT molecular complexity index is 341. The highest BCUT2D eigenvalue weighted by Crippen LogP contribution is 2.28. The van der Waals surface area contributed by atoms with E-state index in [1.165, 1.54) is 0 Å². The van der Waals surface area contributed by atoms with E-state index in [0.29, 0.717) is 17.4 Å². The van der Waals surface area contributed by atoms with Gasteiger partial charge in [0.1, 0.15) is 12.4 Å². The number of halogens is 2. The topological polar surface area (TPSA) is 9.23 Å². The van der Waals surface area contributed by atoms with E-state index in [4.69, 9.17) is 16.3 Å². The van der Waals surface area contributed by atoms with Crippen molar-refractivity contribution < 1.29 is 4.74 Å². The van der Waals surface area contributed by atoms with Gasteiger partial charge in [0.15, 0.2) is 0 Å². The number of hydrogen-bond donors (Lipinski definition) is 1. The molecule has 0 amide bonds. The SMILES string of the molecule is C=C(CS)COc1ccc(Cl)cc1Br. The third kappa shape index (κ3) is 3.56. The molecule has 0 unspecified atom stereocenters. The largest absolute Gasteiger partial charge is 0.488 e. The van der Waals surface area contributed by atoms with Crippen molar-refractivity contribution in [3.05, 3.63) is 39.8 Å². The summed E-state index contributed by atoms with van der Waals surface area (Å²) in [5.41, 5.74) is 0.940. The molecule has 0 aromatic heterocycles. The number of ether oxygens (including phenoxy) is 1. The summed E-state index contributed by atoms with van der Waals surface area (Å²) in [5, 5.41) is 0.678. The van der Waals surface area contributed by atoms with Gasteiger partial charge in [-0.1, -0.05) is 18.2 Å². The second-order valence-corrected chi connectivity index (χ2v) is 4.38. The summed E-state index contributed by atoms with van der Waals surface area (Å²) >= 11 is 13.2. The van der Waals surface area contributed by atoms with Crippen LogP contribution in [-0.2, 0) is 0 Å². The van der Waals surface area contributed by atoms with Crippen molar-refractivity contribution in [3.8, 4) is 5.75 Å². The van der Waals surface area contributed by atoms with Crippen LogP contribution in [-0.4, -0.2) is 12.4 Å². The van der Waals surface area contributed by atoms with Crippen LogP contribution in [0.1, 0.15) is 0 Å². The van der Waals surface area contributed by atoms with Crippen LogP contribution in [0.25, 0.3) is 0 Å². The summed E-state index contributed by atoms with van der Waals surface area (Å²) in [4.78, 5) is 0. The molecule has 1 rings (SSSR count). The summed E-state index contributed by atoms with van der Waals surface area (Å²) < 4.78 is 6.33. The Labute approximate surface area is 103 Å². The zero-order valence-electron chi connectivity index (χ0n) is 7.46. The van der Waals surface area contributed by atoms with Crippen molar-refractivity contribution in [3.63, 3.8) is 0 Å². The van der Waals surface area contributed by atoms with E-state index >= 15 is 0 Å². The predicted octanol–water partition coefficient (Wildman–Crippen LogP) is 3.97. The van der Waals surface area contributed by atoms with Crippen molar-refractivity contribution in [2.24, 2.45) is 0 Å². The summed E-state index contributed by atoms with van der Waals surface area (Å²) in [6.45, 7) is 4.27. The Balaban J connectivity index is 2.63. The molecule has 0 spiro atoms. The fourth-order valence-electron chi connectivity index (χ4n) is 0.818. The molecule has 0 atom stereocenters. The van der Waals surface area contributed by atoms with E-state index in [1.54, 1.807) is 12.1 Å². The molecular formula is C10H10BrClOS. The van der Waals surface area contributed by atoms with Gasteiger partial charge in [0.2, 0.25) is 0 Å². The molecule has 0 bridgehead atoms. The molecule has 1 aromatic rings. The van der Waals surface area contributed by atoms with Gasteiger partial charge in [-0.3, -0.25) is 0 Å². The second-order valence-electron chi connectivity index (χ2n) is 2.77. The van der Waals surface area contributed by atoms with Crippen LogP contribution >= 0.6 is 40.2 Å². The van der Waals surface area contributed by atoms with Crippen molar-refractivity contribution in [2.75, 3.05) is 12.4 Å². The normalized spacial score (nSPS) is 9.93. The van der Waals surface area contributed by atoms with Gasteiger partial charge in [-0.05, 0) is 39.7 Å². The lowest BCUT2D eigenvalue weighted by atomic mass is 10.3. The van der Waals surface area contributed by atoms with Gasteiger partial charge in [-0.2, -0.15) is 12.6 Å². The second kappa shape index (κ2) is 5.69. The third-order valence-electron chi connectivity index (χ3n) is 1.55. The molecule has 4 heteroatoms. The van der Waals surface area contributed by atoms with Crippen molar-refractivity contribution in [1.82, 2.24) is 0 Å². The molecule has 1 nitrogen and oxygen atoms in total. The quantitative estimate of drug-likeness (QED) is 0.653. The maximum atomic E-state index is 5.79. The molecule has 76 valence electrons. The molecule has 0 N–H and O–H groups in total. The lowest BCUT2D eigenvalue weighted by Gasteiger charge is -2.08. The minimum absolute atomic E-state index is 0.476. The molecule has 0 radical (unpaired) electrons. The van der Waals surface area contributed by atoms with E-state index in [9.17, 15) is 0 Å². The Morgan fingerprint density at radius 2 is 2.29 bits per heavy atom. The minimum Gasteiger partial charge on any atom is -0.488 e. The van der Waals surface area contributed by atoms with Crippen LogP contribution in [0.3, 0.4) is 0 Å². The Kier molecular flexibility index (Phi) is 4.85. The highest BCUT2D eigenvalue weighted by atomic mass is 79.9. The number of thiol groups is 1. The van der Waals surface area contributed by atoms with Crippen LogP contribution in [0, 0.1) is 0 Å². The van der Waals surface area contributed by atoms with E-state index in [1.807, 2.05) is 6.07 Å². The van der Waals surface area contributed by atoms with Crippen molar-refractivity contribution >= 4 is 40.2 Å². The van der Waals surface area contributed by atoms with Crippen LogP contribution in [0.15, 0.2) is 34.8 Å². The lowest BCUT2D eigenvalue weighted by molar-refractivity contribution is 0.351. The van der Waals surface area contributed by atoms with E-state index in [2.05, 4.69) is 35.1 Å². The van der Waals surface area contributed by atoms with E-state index in [-0.39, 0.29) is 0 Å². The summed E-state index contributed by atoms with van der Waals surface area (Å²) in [6.07, 6.45) is 0. The van der Waals surface area contributed by atoms with Crippen LogP contribution in [0.2, 0.25) is 5.02 Å². The average molecular weight is 294 g/mol. The molecule has 1 aromatic carbocycles. The maximum Gasteiger partial charge on any atom is 0.134 e. The van der Waals surface area contributed by atoms with Crippen molar-refractivity contribution in [1.29, 1.82) is 0 Å². The van der Waals surface area contributed by atoms with Gasteiger partial charge in [0.25, 0.3) is 0 Å². The molecule has 14 heavy (non-hydrogen) atoms. The van der Waals surface area contributed by atoms with Gasteiger partial charge in [0.05, 0.1) is 4.47 Å². The first-order valence-electron chi connectivity index (χ1n) is 3.99. The summed E-state index contributed by atoms with van der Waals surface area (Å²) in [5.74, 6) is 1.39. The fourth-order valence-corrected chi connectivity index (χ4v) is 1.71. The molecule has 0 saturated carbocycles. The monoisotopic (exact) mass is 292 g/mol. The van der Waals surface area contributed by atoms with Gasteiger partial charge in [-0.25, -0.2) is 0 Å².